The van der Waals surface area contributed by atoms with Gasteiger partial charge in [0, 0.05) is 45.9 Å². The van der Waals surface area contributed by atoms with E-state index < -0.39 is 0 Å². The Labute approximate surface area is 107 Å². The van der Waals surface area contributed by atoms with Crippen LogP contribution < -0.4 is 5.32 Å². The predicted molar refractivity (Wildman–Crippen MR) is 66.2 cm³/mol. The van der Waals surface area contributed by atoms with Gasteiger partial charge in [-0.05, 0) is 18.8 Å². The van der Waals surface area contributed by atoms with Crippen molar-refractivity contribution in [3.63, 3.8) is 0 Å². The normalized spacial score (nSPS) is 21.8. The first-order valence-corrected chi connectivity index (χ1v) is 6.59. The Morgan fingerprint density at radius 3 is 2.50 bits per heavy atom. The van der Waals surface area contributed by atoms with Crippen molar-refractivity contribution in [3.05, 3.63) is 0 Å². The summed E-state index contributed by atoms with van der Waals surface area (Å²) in [5.41, 5.74) is 0. The number of nitrogens with one attached hydrogen (secondary N) is 1. The molecule has 0 aromatic carbocycles. The Hall–Kier alpha value is -1.30. The van der Waals surface area contributed by atoms with Gasteiger partial charge in [-0.25, -0.2) is 4.79 Å². The van der Waals surface area contributed by atoms with Crippen LogP contribution in [0.4, 0.5) is 4.79 Å². The molecule has 0 aromatic heterocycles. The molecule has 0 bridgehead atoms. The van der Waals surface area contributed by atoms with Crippen LogP contribution >= 0.6 is 0 Å². The first kappa shape index (κ1) is 13.1. The molecule has 102 valence electrons. The van der Waals surface area contributed by atoms with Crippen molar-refractivity contribution in [2.24, 2.45) is 5.92 Å². The number of carbonyl (C=O) groups is 2. The lowest BCUT2D eigenvalue weighted by molar-refractivity contribution is -0.119. The molecule has 0 spiro atoms. The summed E-state index contributed by atoms with van der Waals surface area (Å²) in [6.07, 6.45) is 2.90. The topological polar surface area (TPSA) is 61.9 Å². The van der Waals surface area contributed by atoms with Crippen molar-refractivity contribution in [3.8, 4) is 0 Å². The van der Waals surface area contributed by atoms with Crippen molar-refractivity contribution in [1.82, 2.24) is 15.1 Å². The molecule has 2 aliphatic heterocycles. The molecule has 2 heterocycles. The molecule has 2 saturated heterocycles. The molecule has 2 rings (SSSR count). The van der Waals surface area contributed by atoms with E-state index in [2.05, 4.69) is 5.32 Å². The Balaban J connectivity index is 1.66. The number of rotatable bonds is 3. The molecule has 0 unspecified atom stereocenters. The number of urea groups is 1. The van der Waals surface area contributed by atoms with Crippen LogP contribution in [0.2, 0.25) is 0 Å². The van der Waals surface area contributed by atoms with Crippen molar-refractivity contribution >= 4 is 12.4 Å². The highest BCUT2D eigenvalue weighted by Gasteiger charge is 2.21. The van der Waals surface area contributed by atoms with Crippen LogP contribution in [0, 0.1) is 5.92 Å². The highest BCUT2D eigenvalue weighted by atomic mass is 16.5. The highest BCUT2D eigenvalue weighted by Crippen LogP contribution is 2.13. The van der Waals surface area contributed by atoms with E-state index in [0.717, 1.165) is 39.0 Å². The Kier molecular flexibility index (Phi) is 4.81. The second kappa shape index (κ2) is 6.58. The zero-order valence-corrected chi connectivity index (χ0v) is 10.6. The summed E-state index contributed by atoms with van der Waals surface area (Å²) >= 11 is 0. The summed E-state index contributed by atoms with van der Waals surface area (Å²) in [6.45, 7) is 4.85. The smallest absolute Gasteiger partial charge is 0.317 e. The summed E-state index contributed by atoms with van der Waals surface area (Å²) < 4.78 is 5.29. The molecule has 6 nitrogen and oxygen atoms in total. The van der Waals surface area contributed by atoms with Crippen molar-refractivity contribution in [2.75, 3.05) is 45.9 Å². The minimum absolute atomic E-state index is 0.00737. The number of hydrogen-bond donors (Lipinski definition) is 1. The largest absolute Gasteiger partial charge is 0.381 e. The molecule has 0 atom stereocenters. The minimum Gasteiger partial charge on any atom is -0.381 e. The molecule has 18 heavy (non-hydrogen) atoms. The lowest BCUT2D eigenvalue weighted by atomic mass is 10.0. The van der Waals surface area contributed by atoms with Gasteiger partial charge in [0.1, 0.15) is 0 Å². The van der Waals surface area contributed by atoms with Crippen LogP contribution in [0.5, 0.6) is 0 Å². The summed E-state index contributed by atoms with van der Waals surface area (Å²) in [5.74, 6) is 0.541. The number of piperazine rings is 1. The molecule has 0 radical (unpaired) electrons. The van der Waals surface area contributed by atoms with Crippen molar-refractivity contribution in [2.45, 2.75) is 12.8 Å². The van der Waals surface area contributed by atoms with E-state index >= 15 is 0 Å². The maximum absolute atomic E-state index is 11.9. The van der Waals surface area contributed by atoms with Crippen LogP contribution in [-0.4, -0.2) is 68.2 Å². The van der Waals surface area contributed by atoms with Crippen molar-refractivity contribution in [1.29, 1.82) is 0 Å². The fraction of sp³-hybridized carbons (Fsp3) is 0.833. The third-order valence-corrected chi connectivity index (χ3v) is 3.63. The summed E-state index contributed by atoms with van der Waals surface area (Å²) in [6, 6.07) is -0.00737. The molecule has 0 saturated carbocycles. The second-order valence-corrected chi connectivity index (χ2v) is 4.87. The molecule has 0 aliphatic carbocycles. The number of carbonyl (C=O) groups excluding carboxylic acids is 2. The molecule has 2 aliphatic rings. The lowest BCUT2D eigenvalue weighted by Crippen LogP contribution is -2.52. The number of ether oxygens (including phenoxy) is 1. The van der Waals surface area contributed by atoms with E-state index in [4.69, 9.17) is 4.74 Å². The van der Waals surface area contributed by atoms with Gasteiger partial charge >= 0.3 is 6.03 Å². The van der Waals surface area contributed by atoms with E-state index in [1.54, 1.807) is 9.80 Å². The van der Waals surface area contributed by atoms with Crippen LogP contribution in [0.25, 0.3) is 0 Å². The first-order valence-electron chi connectivity index (χ1n) is 6.59. The molecular weight excluding hydrogens is 234 g/mol. The fourth-order valence-corrected chi connectivity index (χ4v) is 2.32. The van der Waals surface area contributed by atoms with E-state index in [9.17, 15) is 9.59 Å². The van der Waals surface area contributed by atoms with Gasteiger partial charge in [-0.2, -0.15) is 0 Å². The first-order chi connectivity index (χ1) is 8.79. The Morgan fingerprint density at radius 1 is 1.22 bits per heavy atom. The summed E-state index contributed by atoms with van der Waals surface area (Å²) in [4.78, 5) is 25.9. The Bertz CT molecular complexity index is 284. The van der Waals surface area contributed by atoms with E-state index in [1.165, 1.54) is 0 Å². The molecule has 6 heteroatoms. The monoisotopic (exact) mass is 255 g/mol. The van der Waals surface area contributed by atoms with Gasteiger partial charge in [0.05, 0.1) is 0 Å². The van der Waals surface area contributed by atoms with Gasteiger partial charge < -0.3 is 19.9 Å². The third kappa shape index (κ3) is 3.60. The van der Waals surface area contributed by atoms with Gasteiger partial charge in [0.25, 0.3) is 0 Å². The van der Waals surface area contributed by atoms with Gasteiger partial charge in [-0.1, -0.05) is 0 Å². The average Bonchev–Trinajstić information content (AvgIpc) is 2.46. The third-order valence-electron chi connectivity index (χ3n) is 3.63. The molecule has 0 aromatic rings. The van der Waals surface area contributed by atoms with E-state index in [0.29, 0.717) is 32.1 Å². The minimum atomic E-state index is -0.00737. The Morgan fingerprint density at radius 2 is 1.89 bits per heavy atom. The molecule has 2 fully saturated rings. The molecule has 3 amide bonds. The maximum atomic E-state index is 11.9. The average molecular weight is 255 g/mol. The van der Waals surface area contributed by atoms with Gasteiger partial charge in [0.2, 0.25) is 6.41 Å². The maximum Gasteiger partial charge on any atom is 0.317 e. The van der Waals surface area contributed by atoms with Gasteiger partial charge in [-0.15, -0.1) is 0 Å². The van der Waals surface area contributed by atoms with Crippen LogP contribution in [-0.2, 0) is 9.53 Å². The zero-order chi connectivity index (χ0) is 12.8. The van der Waals surface area contributed by atoms with Gasteiger partial charge in [0.15, 0.2) is 0 Å². The molecular formula is C12H21N3O3. The number of nitrogens with zero attached hydrogens (tertiary/aromatic N) is 2. The van der Waals surface area contributed by atoms with Gasteiger partial charge in [-0.3, -0.25) is 4.79 Å². The second-order valence-electron chi connectivity index (χ2n) is 4.87. The van der Waals surface area contributed by atoms with E-state index in [-0.39, 0.29) is 6.03 Å². The SMILES string of the molecule is O=CN1CCN(C(=O)NCC2CCOCC2)CC1. The van der Waals surface area contributed by atoms with E-state index in [1.807, 2.05) is 0 Å². The summed E-state index contributed by atoms with van der Waals surface area (Å²) in [7, 11) is 0. The molecule has 1 N–H and O–H groups in total. The fourth-order valence-electron chi connectivity index (χ4n) is 2.32. The highest BCUT2D eigenvalue weighted by molar-refractivity contribution is 5.74. The van der Waals surface area contributed by atoms with Crippen LogP contribution in [0.1, 0.15) is 12.8 Å². The van der Waals surface area contributed by atoms with Crippen molar-refractivity contribution < 1.29 is 14.3 Å². The number of hydrogen-bond acceptors (Lipinski definition) is 3. The van der Waals surface area contributed by atoms with Crippen LogP contribution in [0.15, 0.2) is 0 Å². The van der Waals surface area contributed by atoms with Crippen LogP contribution in [0.3, 0.4) is 0 Å². The quantitative estimate of drug-likeness (QED) is 0.716. The summed E-state index contributed by atoms with van der Waals surface area (Å²) in [5, 5.41) is 2.98. The zero-order valence-electron chi connectivity index (χ0n) is 10.6. The predicted octanol–water partition coefficient (Wildman–Crippen LogP) is -0.103. The lowest BCUT2D eigenvalue weighted by Gasteiger charge is -2.33. The number of amides is 3. The standard InChI is InChI=1S/C12H21N3O3/c16-10-14-3-5-15(6-4-14)12(17)13-9-11-1-7-18-8-2-11/h10-11H,1-9H2,(H,13,17).